The molecule has 0 rings (SSSR count). The third kappa shape index (κ3) is 8.41. The summed E-state index contributed by atoms with van der Waals surface area (Å²) >= 11 is 0. The van der Waals surface area contributed by atoms with Crippen LogP contribution in [0.1, 0.15) is 33.6 Å². The fraction of sp³-hybridized carbons (Fsp3) is 0.917. The Kier molecular flexibility index (Phi) is 7.37. The molecule has 0 aromatic rings. The molecule has 0 aromatic carbocycles. The normalized spacial score (nSPS) is 13.5. The molecule has 15 heavy (non-hydrogen) atoms. The molecule has 0 bridgehead atoms. The van der Waals surface area contributed by atoms with Crippen LogP contribution in [0.3, 0.4) is 0 Å². The average molecular weight is 212 g/mol. The Morgan fingerprint density at radius 2 is 2.13 bits per heavy atom. The molecule has 0 saturated heterocycles. The molecule has 0 amide bonds. The summed E-state index contributed by atoms with van der Waals surface area (Å²) in [5, 5.41) is 12.2. The molecule has 0 aliphatic heterocycles. The summed E-state index contributed by atoms with van der Waals surface area (Å²) < 4.78 is 5.05. The van der Waals surface area contributed by atoms with Crippen LogP contribution in [0.25, 0.3) is 0 Å². The highest BCUT2D eigenvalue weighted by molar-refractivity contribution is 4.91. The molecule has 1 atom stereocenters. The van der Waals surface area contributed by atoms with Crippen LogP contribution in [-0.4, -0.2) is 26.8 Å². The lowest BCUT2D eigenvalue weighted by Gasteiger charge is -2.15. The largest absolute Gasteiger partial charge is 0.384 e. The molecule has 0 fully saturated rings. The Labute approximate surface area is 93.8 Å². The van der Waals surface area contributed by atoms with Crippen LogP contribution in [0.5, 0.6) is 0 Å². The first kappa shape index (κ1) is 14.4. The van der Waals surface area contributed by atoms with E-state index in [9.17, 15) is 0 Å². The van der Waals surface area contributed by atoms with Crippen molar-refractivity contribution in [3.63, 3.8) is 0 Å². The summed E-state index contributed by atoms with van der Waals surface area (Å²) in [6, 6.07) is 2.31. The molecule has 1 N–H and O–H groups in total. The number of nitrogens with one attached hydrogen (secondary N) is 1. The number of nitrogens with zero attached hydrogens (tertiary/aromatic N) is 1. The molecule has 0 saturated carbocycles. The van der Waals surface area contributed by atoms with Crippen molar-refractivity contribution in [2.24, 2.45) is 11.3 Å². The molecule has 0 radical (unpaired) electrons. The van der Waals surface area contributed by atoms with Gasteiger partial charge in [0.05, 0.1) is 11.5 Å². The molecule has 88 valence electrons. The second-order valence-corrected chi connectivity index (χ2v) is 4.86. The Balaban J connectivity index is 3.37. The second-order valence-electron chi connectivity index (χ2n) is 4.86. The van der Waals surface area contributed by atoms with Crippen molar-refractivity contribution in [3.05, 3.63) is 0 Å². The Bertz CT molecular complexity index is 196. The van der Waals surface area contributed by atoms with Gasteiger partial charge in [-0.2, -0.15) is 5.26 Å². The van der Waals surface area contributed by atoms with Crippen LogP contribution in [0.4, 0.5) is 0 Å². The van der Waals surface area contributed by atoms with Crippen molar-refractivity contribution < 1.29 is 4.74 Å². The van der Waals surface area contributed by atoms with Crippen LogP contribution in [-0.2, 0) is 4.74 Å². The smallest absolute Gasteiger partial charge is 0.0683 e. The first-order valence-corrected chi connectivity index (χ1v) is 5.63. The lowest BCUT2D eigenvalue weighted by atomic mass is 9.90. The highest BCUT2D eigenvalue weighted by Gasteiger charge is 2.15. The highest BCUT2D eigenvalue weighted by Crippen LogP contribution is 2.19. The zero-order chi connectivity index (χ0) is 11.7. The summed E-state index contributed by atoms with van der Waals surface area (Å²) in [5.74, 6) is 0.555. The molecule has 0 aromatic heterocycles. The van der Waals surface area contributed by atoms with Gasteiger partial charge in [0.1, 0.15) is 0 Å². The predicted octanol–water partition coefficient (Wildman–Crippen LogP) is 2.19. The van der Waals surface area contributed by atoms with Crippen LogP contribution >= 0.6 is 0 Å². The van der Waals surface area contributed by atoms with Crippen molar-refractivity contribution >= 4 is 0 Å². The maximum absolute atomic E-state index is 8.82. The third-order valence-electron chi connectivity index (χ3n) is 2.40. The predicted molar refractivity (Wildman–Crippen MR) is 62.5 cm³/mol. The van der Waals surface area contributed by atoms with E-state index in [1.165, 1.54) is 0 Å². The van der Waals surface area contributed by atoms with E-state index in [1.54, 1.807) is 7.11 Å². The van der Waals surface area contributed by atoms with Gasteiger partial charge in [0.25, 0.3) is 0 Å². The lowest BCUT2D eigenvalue weighted by molar-refractivity contribution is 0.158. The van der Waals surface area contributed by atoms with Gasteiger partial charge >= 0.3 is 0 Å². The van der Waals surface area contributed by atoms with E-state index < -0.39 is 0 Å². The number of hydrogen-bond donors (Lipinski definition) is 1. The van der Waals surface area contributed by atoms with Crippen molar-refractivity contribution in [3.8, 4) is 6.07 Å². The van der Waals surface area contributed by atoms with E-state index in [0.717, 1.165) is 32.5 Å². The Hall–Kier alpha value is -0.590. The van der Waals surface area contributed by atoms with Gasteiger partial charge in [-0.25, -0.2) is 0 Å². The van der Waals surface area contributed by atoms with Crippen LogP contribution in [0, 0.1) is 22.7 Å². The first-order valence-electron chi connectivity index (χ1n) is 5.63. The van der Waals surface area contributed by atoms with Gasteiger partial charge in [0, 0.05) is 13.7 Å². The Morgan fingerprint density at radius 1 is 1.47 bits per heavy atom. The molecule has 0 heterocycles. The number of nitriles is 1. The van der Waals surface area contributed by atoms with Crippen LogP contribution in [0.2, 0.25) is 0 Å². The van der Waals surface area contributed by atoms with E-state index in [0.29, 0.717) is 5.92 Å². The van der Waals surface area contributed by atoms with Crippen LogP contribution in [0.15, 0.2) is 0 Å². The fourth-order valence-corrected chi connectivity index (χ4v) is 1.40. The van der Waals surface area contributed by atoms with Gasteiger partial charge < -0.3 is 10.1 Å². The standard InChI is InChI=1S/C12H24N2O/c1-11(9-15-4)8-14-7-5-6-12(2,3)10-13/h11,14H,5-9H2,1-4H3. The molecule has 0 aliphatic carbocycles. The molecule has 3 nitrogen and oxygen atoms in total. The van der Waals surface area contributed by atoms with Crippen molar-refractivity contribution in [2.75, 3.05) is 26.8 Å². The van der Waals surface area contributed by atoms with Gasteiger partial charge in [-0.1, -0.05) is 6.92 Å². The molecule has 3 heteroatoms. The second kappa shape index (κ2) is 7.67. The summed E-state index contributed by atoms with van der Waals surface area (Å²) in [5.41, 5.74) is -0.181. The minimum atomic E-state index is -0.181. The maximum atomic E-state index is 8.82. The number of rotatable bonds is 8. The quantitative estimate of drug-likeness (QED) is 0.627. The minimum absolute atomic E-state index is 0.181. The van der Waals surface area contributed by atoms with Gasteiger partial charge in [0.15, 0.2) is 0 Å². The van der Waals surface area contributed by atoms with Gasteiger partial charge in [0.2, 0.25) is 0 Å². The molecule has 1 unspecified atom stereocenters. The average Bonchev–Trinajstić information content (AvgIpc) is 2.17. The number of methoxy groups -OCH3 is 1. The first-order chi connectivity index (χ1) is 7.02. The lowest BCUT2D eigenvalue weighted by Crippen LogP contribution is -2.25. The van der Waals surface area contributed by atoms with E-state index in [2.05, 4.69) is 18.3 Å². The number of ether oxygens (including phenoxy) is 1. The molecular weight excluding hydrogens is 188 g/mol. The van der Waals surface area contributed by atoms with E-state index in [-0.39, 0.29) is 5.41 Å². The van der Waals surface area contributed by atoms with E-state index in [4.69, 9.17) is 10.00 Å². The fourth-order valence-electron chi connectivity index (χ4n) is 1.40. The van der Waals surface area contributed by atoms with E-state index >= 15 is 0 Å². The van der Waals surface area contributed by atoms with Crippen molar-refractivity contribution in [1.29, 1.82) is 5.26 Å². The molecular formula is C12H24N2O. The monoisotopic (exact) mass is 212 g/mol. The Morgan fingerprint density at radius 3 is 2.67 bits per heavy atom. The molecule has 0 spiro atoms. The minimum Gasteiger partial charge on any atom is -0.384 e. The van der Waals surface area contributed by atoms with Crippen molar-refractivity contribution in [2.45, 2.75) is 33.6 Å². The summed E-state index contributed by atoms with van der Waals surface area (Å²) in [4.78, 5) is 0. The number of hydrogen-bond acceptors (Lipinski definition) is 3. The third-order valence-corrected chi connectivity index (χ3v) is 2.40. The van der Waals surface area contributed by atoms with E-state index in [1.807, 2.05) is 13.8 Å². The highest BCUT2D eigenvalue weighted by atomic mass is 16.5. The van der Waals surface area contributed by atoms with Crippen LogP contribution < -0.4 is 5.32 Å². The maximum Gasteiger partial charge on any atom is 0.0683 e. The summed E-state index contributed by atoms with van der Waals surface area (Å²) in [6.07, 6.45) is 2.01. The summed E-state index contributed by atoms with van der Waals surface area (Å²) in [6.45, 7) is 8.91. The zero-order valence-corrected chi connectivity index (χ0v) is 10.5. The topological polar surface area (TPSA) is 45.0 Å². The van der Waals surface area contributed by atoms with Gasteiger partial charge in [-0.15, -0.1) is 0 Å². The SMILES string of the molecule is COCC(C)CNCCCC(C)(C)C#N. The van der Waals surface area contributed by atoms with Gasteiger partial charge in [-0.3, -0.25) is 0 Å². The van der Waals surface area contributed by atoms with Crippen molar-refractivity contribution in [1.82, 2.24) is 5.32 Å². The van der Waals surface area contributed by atoms with Gasteiger partial charge in [-0.05, 0) is 45.7 Å². The molecule has 0 aliphatic rings. The zero-order valence-electron chi connectivity index (χ0n) is 10.5. The summed E-state index contributed by atoms with van der Waals surface area (Å²) in [7, 11) is 1.73.